The predicted molar refractivity (Wildman–Crippen MR) is 88.8 cm³/mol. The summed E-state index contributed by atoms with van der Waals surface area (Å²) in [7, 11) is -3.71. The van der Waals surface area contributed by atoms with Crippen molar-refractivity contribution in [3.8, 4) is 6.07 Å². The van der Waals surface area contributed by atoms with E-state index in [2.05, 4.69) is 10.8 Å². The monoisotopic (exact) mass is 322 g/mol. The largest absolute Gasteiger partial charge is 0.241 e. The summed E-state index contributed by atoms with van der Waals surface area (Å²) in [5, 5.41) is 9.65. The molecule has 0 radical (unpaired) electrons. The molecule has 0 saturated carbocycles. The second-order valence-electron chi connectivity index (χ2n) is 6.81. The lowest BCUT2D eigenvalue weighted by atomic mass is 9.84. The first-order chi connectivity index (χ1) is 10.1. The average molecular weight is 322 g/mol. The molecule has 122 valence electrons. The van der Waals surface area contributed by atoms with Crippen molar-refractivity contribution >= 4 is 10.0 Å². The third-order valence-electron chi connectivity index (χ3n) is 3.39. The lowest BCUT2D eigenvalue weighted by Gasteiger charge is -2.31. The highest BCUT2D eigenvalue weighted by molar-refractivity contribution is 7.89. The smallest absolute Gasteiger partial charge is 0.207 e. The summed E-state index contributed by atoms with van der Waals surface area (Å²) >= 11 is 0. The van der Waals surface area contributed by atoms with E-state index in [1.807, 2.05) is 34.6 Å². The van der Waals surface area contributed by atoms with Crippen LogP contribution in [0, 0.1) is 30.1 Å². The molecule has 1 aromatic rings. The zero-order valence-electron chi connectivity index (χ0n) is 14.1. The molecule has 0 unspecified atom stereocenters. The van der Waals surface area contributed by atoms with E-state index in [4.69, 9.17) is 0 Å². The summed E-state index contributed by atoms with van der Waals surface area (Å²) in [6.07, 6.45) is 0.986. The number of aryl methyl sites for hydroxylation is 1. The molecule has 0 heterocycles. The molecular formula is C17H26N2O2S. The van der Waals surface area contributed by atoms with Gasteiger partial charge in [0.2, 0.25) is 10.0 Å². The Balaban J connectivity index is 3.16. The van der Waals surface area contributed by atoms with Gasteiger partial charge < -0.3 is 0 Å². The first-order valence-corrected chi connectivity index (χ1v) is 9.10. The minimum Gasteiger partial charge on any atom is -0.207 e. The molecule has 4 nitrogen and oxygen atoms in total. The number of nitrogens with one attached hydrogen (secondary N) is 1. The van der Waals surface area contributed by atoms with Crippen molar-refractivity contribution in [2.24, 2.45) is 11.8 Å². The van der Waals surface area contributed by atoms with Crippen LogP contribution in [0.5, 0.6) is 0 Å². The van der Waals surface area contributed by atoms with Gasteiger partial charge in [0.05, 0.1) is 11.0 Å². The minimum absolute atomic E-state index is 0.199. The van der Waals surface area contributed by atoms with E-state index in [-0.39, 0.29) is 16.7 Å². The average Bonchev–Trinajstić information content (AvgIpc) is 2.36. The van der Waals surface area contributed by atoms with Crippen molar-refractivity contribution in [3.05, 3.63) is 29.8 Å². The van der Waals surface area contributed by atoms with Crippen LogP contribution in [0.3, 0.4) is 0 Å². The Morgan fingerprint density at radius 2 is 1.55 bits per heavy atom. The van der Waals surface area contributed by atoms with Crippen LogP contribution in [0.2, 0.25) is 0 Å². The van der Waals surface area contributed by atoms with E-state index < -0.39 is 15.6 Å². The van der Waals surface area contributed by atoms with Crippen LogP contribution in [0.15, 0.2) is 29.2 Å². The quantitative estimate of drug-likeness (QED) is 0.833. The molecule has 0 atom stereocenters. The fraction of sp³-hybridized carbons (Fsp3) is 0.588. The second kappa shape index (κ2) is 7.26. The molecule has 22 heavy (non-hydrogen) atoms. The van der Waals surface area contributed by atoms with Crippen molar-refractivity contribution in [3.63, 3.8) is 0 Å². The van der Waals surface area contributed by atoms with Crippen molar-refractivity contribution in [2.75, 3.05) is 0 Å². The molecule has 5 heteroatoms. The Kier molecular flexibility index (Phi) is 6.16. The highest BCUT2D eigenvalue weighted by atomic mass is 32.2. The molecule has 0 bridgehead atoms. The molecule has 0 fully saturated rings. The van der Waals surface area contributed by atoms with Crippen LogP contribution in [0.1, 0.15) is 46.1 Å². The molecule has 1 aromatic carbocycles. The first kappa shape index (κ1) is 18.7. The second-order valence-corrected chi connectivity index (χ2v) is 8.49. The van der Waals surface area contributed by atoms with E-state index in [0.717, 1.165) is 5.56 Å². The lowest BCUT2D eigenvalue weighted by molar-refractivity contribution is 0.324. The van der Waals surface area contributed by atoms with Gasteiger partial charge in [0.1, 0.15) is 5.54 Å². The summed E-state index contributed by atoms with van der Waals surface area (Å²) in [5.41, 5.74) is -0.0682. The van der Waals surface area contributed by atoms with Crippen LogP contribution >= 0.6 is 0 Å². The van der Waals surface area contributed by atoms with Crippen molar-refractivity contribution in [1.29, 1.82) is 5.26 Å². The zero-order valence-corrected chi connectivity index (χ0v) is 14.9. The predicted octanol–water partition coefficient (Wildman–Crippen LogP) is 3.63. The Bertz CT molecular complexity index is 616. The van der Waals surface area contributed by atoms with Gasteiger partial charge in [-0.25, -0.2) is 8.42 Å². The van der Waals surface area contributed by atoms with Gasteiger partial charge in [-0.05, 0) is 43.7 Å². The van der Waals surface area contributed by atoms with Crippen LogP contribution in [0.4, 0.5) is 0 Å². The number of rotatable bonds is 7. The molecule has 1 N–H and O–H groups in total. The summed E-state index contributed by atoms with van der Waals surface area (Å²) in [6.45, 7) is 9.87. The summed E-state index contributed by atoms with van der Waals surface area (Å²) in [4.78, 5) is 0.199. The lowest BCUT2D eigenvalue weighted by Crippen LogP contribution is -2.49. The van der Waals surface area contributed by atoms with Gasteiger partial charge in [-0.15, -0.1) is 0 Å². The molecule has 0 aliphatic carbocycles. The topological polar surface area (TPSA) is 70.0 Å². The molecule has 1 rings (SSSR count). The molecule has 0 aliphatic rings. The van der Waals surface area contributed by atoms with E-state index in [0.29, 0.717) is 12.8 Å². The molecule has 0 aliphatic heterocycles. The van der Waals surface area contributed by atoms with Gasteiger partial charge in [0, 0.05) is 0 Å². The van der Waals surface area contributed by atoms with Crippen molar-refractivity contribution < 1.29 is 8.42 Å². The third kappa shape index (κ3) is 5.11. The van der Waals surface area contributed by atoms with Gasteiger partial charge in [-0.3, -0.25) is 0 Å². The van der Waals surface area contributed by atoms with Gasteiger partial charge in [-0.1, -0.05) is 45.4 Å². The normalized spacial score (nSPS) is 12.6. The fourth-order valence-electron chi connectivity index (χ4n) is 2.71. The Morgan fingerprint density at radius 1 is 1.09 bits per heavy atom. The standard InChI is InChI=1S/C17H26N2O2S/c1-13(2)10-17(12-18,11-14(3)4)19-22(20,21)16-8-6-15(5)7-9-16/h6-9,13-14,19H,10-11H2,1-5H3. The van der Waals surface area contributed by atoms with Gasteiger partial charge in [0.25, 0.3) is 0 Å². The number of benzene rings is 1. The van der Waals surface area contributed by atoms with Gasteiger partial charge >= 0.3 is 0 Å². The molecule has 0 amide bonds. The summed E-state index contributed by atoms with van der Waals surface area (Å²) < 4.78 is 27.9. The number of hydrogen-bond acceptors (Lipinski definition) is 3. The fourth-order valence-corrected chi connectivity index (χ4v) is 4.05. The zero-order chi connectivity index (χ0) is 17.0. The number of nitrogens with zero attached hydrogens (tertiary/aromatic N) is 1. The van der Waals surface area contributed by atoms with Crippen LogP contribution < -0.4 is 4.72 Å². The summed E-state index contributed by atoms with van der Waals surface area (Å²) in [5.74, 6) is 0.443. The molecule has 0 saturated heterocycles. The summed E-state index contributed by atoms with van der Waals surface area (Å²) in [6, 6.07) is 8.89. The van der Waals surface area contributed by atoms with E-state index in [1.165, 1.54) is 0 Å². The van der Waals surface area contributed by atoms with Crippen molar-refractivity contribution in [2.45, 2.75) is 57.9 Å². The van der Waals surface area contributed by atoms with E-state index in [9.17, 15) is 13.7 Å². The Hall–Kier alpha value is -1.38. The highest BCUT2D eigenvalue weighted by Crippen LogP contribution is 2.27. The van der Waals surface area contributed by atoms with Crippen molar-refractivity contribution in [1.82, 2.24) is 4.72 Å². The first-order valence-electron chi connectivity index (χ1n) is 7.62. The van der Waals surface area contributed by atoms with Crippen LogP contribution in [-0.4, -0.2) is 14.0 Å². The third-order valence-corrected chi connectivity index (χ3v) is 4.94. The van der Waals surface area contributed by atoms with Gasteiger partial charge in [-0.2, -0.15) is 9.98 Å². The molecule has 0 aromatic heterocycles. The molecular weight excluding hydrogens is 296 g/mol. The van der Waals surface area contributed by atoms with E-state index in [1.54, 1.807) is 24.3 Å². The van der Waals surface area contributed by atoms with E-state index >= 15 is 0 Å². The Labute approximate surface area is 134 Å². The number of sulfonamides is 1. The molecule has 0 spiro atoms. The van der Waals surface area contributed by atoms with Crippen LogP contribution in [-0.2, 0) is 10.0 Å². The number of nitriles is 1. The SMILES string of the molecule is Cc1ccc(S(=O)(=O)NC(C#N)(CC(C)C)CC(C)C)cc1. The maximum absolute atomic E-state index is 12.6. The van der Waals surface area contributed by atoms with Gasteiger partial charge in [0.15, 0.2) is 0 Å². The maximum Gasteiger partial charge on any atom is 0.241 e. The highest BCUT2D eigenvalue weighted by Gasteiger charge is 2.36. The number of hydrogen-bond donors (Lipinski definition) is 1. The van der Waals surface area contributed by atoms with Crippen LogP contribution in [0.25, 0.3) is 0 Å². The maximum atomic E-state index is 12.6. The Morgan fingerprint density at radius 3 is 1.91 bits per heavy atom. The minimum atomic E-state index is -3.71.